The van der Waals surface area contributed by atoms with Gasteiger partial charge in [-0.2, -0.15) is 0 Å². The molecule has 0 aliphatic heterocycles. The van der Waals surface area contributed by atoms with E-state index in [1.54, 1.807) is 0 Å². The highest BCUT2D eigenvalue weighted by Crippen LogP contribution is 2.12. The zero-order valence-electron chi connectivity index (χ0n) is 11.9. The summed E-state index contributed by atoms with van der Waals surface area (Å²) in [6.45, 7) is 3.73. The van der Waals surface area contributed by atoms with Gasteiger partial charge in [-0.1, -0.05) is 19.1 Å². The van der Waals surface area contributed by atoms with Crippen molar-refractivity contribution in [1.29, 1.82) is 0 Å². The van der Waals surface area contributed by atoms with E-state index in [1.807, 2.05) is 12.1 Å². The summed E-state index contributed by atoms with van der Waals surface area (Å²) < 4.78 is 5.65. The number of aryl methyl sites for hydroxylation is 1. The molecule has 1 aromatic heterocycles. The third-order valence-electron chi connectivity index (χ3n) is 3.15. The Hall–Kier alpha value is -1.74. The van der Waals surface area contributed by atoms with Crippen LogP contribution in [0.2, 0.25) is 0 Å². The van der Waals surface area contributed by atoms with Crippen molar-refractivity contribution in [1.82, 2.24) is 5.32 Å². The van der Waals surface area contributed by atoms with Gasteiger partial charge < -0.3 is 14.6 Å². The Morgan fingerprint density at radius 3 is 2.21 bits per heavy atom. The first kappa shape index (κ1) is 13.7. The molecule has 0 bridgehead atoms. The van der Waals surface area contributed by atoms with Gasteiger partial charge >= 0.3 is 0 Å². The van der Waals surface area contributed by atoms with Gasteiger partial charge in [-0.05, 0) is 29.8 Å². The minimum atomic E-state index is 0.773. The van der Waals surface area contributed by atoms with Crippen LogP contribution in [0, 0.1) is 0 Å². The fraction of sp³-hybridized carbons (Fsp3) is 0.375. The van der Waals surface area contributed by atoms with Crippen molar-refractivity contribution in [2.45, 2.75) is 26.4 Å². The molecular weight excluding hydrogens is 236 g/mol. The van der Waals surface area contributed by atoms with Crippen LogP contribution in [0.3, 0.4) is 0 Å². The summed E-state index contributed by atoms with van der Waals surface area (Å²) in [6.07, 6.45) is 0.950. The molecule has 0 atom stereocenters. The van der Waals surface area contributed by atoms with Crippen molar-refractivity contribution < 1.29 is 4.42 Å². The van der Waals surface area contributed by atoms with Crippen LogP contribution in [0.5, 0.6) is 0 Å². The van der Waals surface area contributed by atoms with Gasteiger partial charge in [0.15, 0.2) is 0 Å². The Morgan fingerprint density at radius 2 is 1.63 bits per heavy atom. The summed E-state index contributed by atoms with van der Waals surface area (Å²) in [5.41, 5.74) is 2.51. The maximum Gasteiger partial charge on any atom is 0.117 e. The Bertz CT molecular complexity index is 500. The van der Waals surface area contributed by atoms with Gasteiger partial charge in [-0.15, -0.1) is 0 Å². The molecule has 2 rings (SSSR count). The smallest absolute Gasteiger partial charge is 0.117 e. The molecule has 0 spiro atoms. The van der Waals surface area contributed by atoms with Gasteiger partial charge in [0, 0.05) is 32.7 Å². The highest BCUT2D eigenvalue weighted by molar-refractivity contribution is 5.45. The molecule has 0 saturated carbocycles. The van der Waals surface area contributed by atoms with Crippen molar-refractivity contribution >= 4 is 5.69 Å². The summed E-state index contributed by atoms with van der Waals surface area (Å²) in [7, 11) is 4.10. The molecule has 0 saturated heterocycles. The number of nitrogens with one attached hydrogen (secondary N) is 1. The minimum absolute atomic E-state index is 0.773. The largest absolute Gasteiger partial charge is 0.465 e. The van der Waals surface area contributed by atoms with Gasteiger partial charge in [0.2, 0.25) is 0 Å². The van der Waals surface area contributed by atoms with Crippen molar-refractivity contribution in [2.75, 3.05) is 19.0 Å². The first-order valence-corrected chi connectivity index (χ1v) is 6.73. The molecule has 2 aromatic rings. The van der Waals surface area contributed by atoms with Crippen LogP contribution in [0.1, 0.15) is 24.0 Å². The quantitative estimate of drug-likeness (QED) is 0.862. The van der Waals surface area contributed by atoms with E-state index in [0.717, 1.165) is 31.0 Å². The average molecular weight is 258 g/mol. The van der Waals surface area contributed by atoms with E-state index >= 15 is 0 Å². The lowest BCUT2D eigenvalue weighted by Crippen LogP contribution is -2.12. The molecule has 1 heterocycles. The Kier molecular flexibility index (Phi) is 4.63. The van der Waals surface area contributed by atoms with Crippen molar-refractivity contribution in [3.63, 3.8) is 0 Å². The lowest BCUT2D eigenvalue weighted by Gasteiger charge is -2.12. The first-order valence-electron chi connectivity index (χ1n) is 6.73. The molecular formula is C16H22N2O. The summed E-state index contributed by atoms with van der Waals surface area (Å²) >= 11 is 0. The van der Waals surface area contributed by atoms with Gasteiger partial charge in [0.25, 0.3) is 0 Å². The maximum absolute atomic E-state index is 5.65. The van der Waals surface area contributed by atoms with Gasteiger partial charge in [0.05, 0.1) is 6.54 Å². The molecule has 0 amide bonds. The number of hydrogen-bond donors (Lipinski definition) is 1. The van der Waals surface area contributed by atoms with Crippen LogP contribution in [-0.2, 0) is 19.5 Å². The van der Waals surface area contributed by atoms with E-state index in [4.69, 9.17) is 4.42 Å². The number of benzene rings is 1. The van der Waals surface area contributed by atoms with Crippen LogP contribution in [0.15, 0.2) is 40.8 Å². The highest BCUT2D eigenvalue weighted by Gasteiger charge is 2.00. The van der Waals surface area contributed by atoms with E-state index in [-0.39, 0.29) is 0 Å². The summed E-state index contributed by atoms with van der Waals surface area (Å²) in [4.78, 5) is 2.10. The average Bonchev–Trinajstić information content (AvgIpc) is 2.87. The predicted octanol–water partition coefficient (Wildman–Crippen LogP) is 3.20. The van der Waals surface area contributed by atoms with E-state index in [2.05, 4.69) is 55.5 Å². The van der Waals surface area contributed by atoms with Crippen LogP contribution in [0.4, 0.5) is 5.69 Å². The second-order valence-electron chi connectivity index (χ2n) is 4.89. The topological polar surface area (TPSA) is 28.4 Å². The molecule has 0 aliphatic rings. The second kappa shape index (κ2) is 6.43. The molecule has 1 aromatic carbocycles. The van der Waals surface area contributed by atoms with Crippen LogP contribution in [-0.4, -0.2) is 14.1 Å². The molecule has 0 aliphatic carbocycles. The predicted molar refractivity (Wildman–Crippen MR) is 79.4 cm³/mol. The monoisotopic (exact) mass is 258 g/mol. The standard InChI is InChI=1S/C16H22N2O/c1-4-15-9-10-16(19-15)12-17-11-13-5-7-14(8-6-13)18(2)3/h5-10,17H,4,11-12H2,1-3H3. The molecule has 1 N–H and O–H groups in total. The van der Waals surface area contributed by atoms with E-state index < -0.39 is 0 Å². The van der Waals surface area contributed by atoms with Gasteiger partial charge in [0.1, 0.15) is 11.5 Å². The number of rotatable bonds is 6. The molecule has 0 unspecified atom stereocenters. The zero-order valence-corrected chi connectivity index (χ0v) is 11.9. The second-order valence-corrected chi connectivity index (χ2v) is 4.89. The molecule has 19 heavy (non-hydrogen) atoms. The van der Waals surface area contributed by atoms with Crippen molar-refractivity contribution in [2.24, 2.45) is 0 Å². The Labute approximate surface area is 115 Å². The summed E-state index contributed by atoms with van der Waals surface area (Å²) in [5.74, 6) is 2.05. The number of hydrogen-bond acceptors (Lipinski definition) is 3. The molecule has 3 heteroatoms. The van der Waals surface area contributed by atoms with Crippen LogP contribution in [0.25, 0.3) is 0 Å². The van der Waals surface area contributed by atoms with Gasteiger partial charge in [-0.25, -0.2) is 0 Å². The van der Waals surface area contributed by atoms with E-state index in [0.29, 0.717) is 0 Å². The van der Waals surface area contributed by atoms with Crippen LogP contribution >= 0.6 is 0 Å². The Morgan fingerprint density at radius 1 is 0.947 bits per heavy atom. The third kappa shape index (κ3) is 3.86. The minimum Gasteiger partial charge on any atom is -0.465 e. The highest BCUT2D eigenvalue weighted by atomic mass is 16.3. The SMILES string of the molecule is CCc1ccc(CNCc2ccc(N(C)C)cc2)o1. The fourth-order valence-electron chi connectivity index (χ4n) is 1.95. The van der Waals surface area contributed by atoms with Gasteiger partial charge in [-0.3, -0.25) is 0 Å². The normalized spacial score (nSPS) is 10.7. The molecule has 3 nitrogen and oxygen atoms in total. The number of anilines is 1. The molecule has 0 radical (unpaired) electrons. The lowest BCUT2D eigenvalue weighted by molar-refractivity contribution is 0.450. The third-order valence-corrected chi connectivity index (χ3v) is 3.15. The first-order chi connectivity index (χ1) is 9.19. The Balaban J connectivity index is 1.82. The molecule has 102 valence electrons. The van der Waals surface area contributed by atoms with E-state index in [1.165, 1.54) is 11.3 Å². The number of nitrogens with zero attached hydrogens (tertiary/aromatic N) is 1. The lowest BCUT2D eigenvalue weighted by atomic mass is 10.2. The molecule has 0 fully saturated rings. The summed E-state index contributed by atoms with van der Waals surface area (Å²) in [6, 6.07) is 12.7. The fourth-order valence-corrected chi connectivity index (χ4v) is 1.95. The van der Waals surface area contributed by atoms with E-state index in [9.17, 15) is 0 Å². The number of furan rings is 1. The van der Waals surface area contributed by atoms with Crippen molar-refractivity contribution in [3.05, 3.63) is 53.5 Å². The van der Waals surface area contributed by atoms with Crippen LogP contribution < -0.4 is 10.2 Å². The maximum atomic E-state index is 5.65. The zero-order chi connectivity index (χ0) is 13.7. The van der Waals surface area contributed by atoms with Crippen molar-refractivity contribution in [3.8, 4) is 0 Å². The summed E-state index contributed by atoms with van der Waals surface area (Å²) in [5, 5.41) is 3.40.